The minimum atomic E-state index is -0.618. The van der Waals surface area contributed by atoms with E-state index in [0.717, 1.165) is 24.6 Å². The number of rotatable bonds is 10. The fourth-order valence-electron chi connectivity index (χ4n) is 0.750. The van der Waals surface area contributed by atoms with Crippen molar-refractivity contribution in [2.45, 2.75) is 0 Å². The third kappa shape index (κ3) is 13.3. The summed E-state index contributed by atoms with van der Waals surface area (Å²) in [5.41, 5.74) is 0. The molecule has 0 aromatic heterocycles. The van der Waals surface area contributed by atoms with E-state index in [-0.39, 0.29) is 0 Å². The molecule has 6 nitrogen and oxygen atoms in total. The van der Waals surface area contributed by atoms with Gasteiger partial charge in [0.1, 0.15) is 0 Å². The van der Waals surface area contributed by atoms with Crippen LogP contribution in [0.25, 0.3) is 0 Å². The Morgan fingerprint density at radius 1 is 0.800 bits per heavy atom. The molecule has 20 heavy (non-hydrogen) atoms. The maximum atomic E-state index is 11.4. The molecule has 10 heteroatoms. The Balaban J connectivity index is 3.49. The van der Waals surface area contributed by atoms with Gasteiger partial charge in [0.2, 0.25) is 0 Å². The van der Waals surface area contributed by atoms with Crippen LogP contribution in [0.5, 0.6) is 0 Å². The average molecular weight is 359 g/mol. The summed E-state index contributed by atoms with van der Waals surface area (Å²) < 4.78 is 4.99. The molecule has 0 saturated heterocycles. The molecular formula is C10H22N4O2S4. The first-order valence-electron chi connectivity index (χ1n) is 5.90. The Hall–Kier alpha value is 0.260. The highest BCUT2D eigenvalue weighted by Gasteiger charge is 2.13. The van der Waals surface area contributed by atoms with E-state index in [4.69, 9.17) is 0 Å². The van der Waals surface area contributed by atoms with Gasteiger partial charge in [-0.05, 0) is 28.2 Å². The zero-order chi connectivity index (χ0) is 15.4. The lowest BCUT2D eigenvalue weighted by Crippen LogP contribution is -2.33. The summed E-state index contributed by atoms with van der Waals surface area (Å²) >= 11 is 0. The highest BCUT2D eigenvalue weighted by molar-refractivity contribution is 8.76. The minimum Gasteiger partial charge on any atom is -0.309 e. The van der Waals surface area contributed by atoms with Crippen molar-refractivity contribution in [3.8, 4) is 0 Å². The van der Waals surface area contributed by atoms with E-state index in [1.165, 1.54) is 43.5 Å². The molecule has 0 saturated carbocycles. The number of nitrogens with one attached hydrogen (secondary N) is 2. The first-order chi connectivity index (χ1) is 9.43. The number of carbonyl (C=O) groups excluding carboxylic acids is 2. The zero-order valence-electron chi connectivity index (χ0n) is 12.2. The minimum absolute atomic E-state index is 0.618. The molecule has 0 unspecified atom stereocenters. The molecule has 0 radical (unpaired) electrons. The summed E-state index contributed by atoms with van der Waals surface area (Å²) in [5.74, 6) is 0.532. The molecule has 0 aliphatic carbocycles. The molecule has 0 rings (SSSR count). The van der Waals surface area contributed by atoms with Gasteiger partial charge < -0.3 is 9.80 Å². The molecule has 0 aliphatic heterocycles. The summed E-state index contributed by atoms with van der Waals surface area (Å²) in [6.07, 6.45) is 0. The molecule has 0 aliphatic rings. The van der Waals surface area contributed by atoms with E-state index in [2.05, 4.69) is 19.2 Å². The number of carbonyl (C=O) groups is 2. The highest BCUT2D eigenvalue weighted by Crippen LogP contribution is 2.18. The van der Waals surface area contributed by atoms with Crippen LogP contribution in [0.1, 0.15) is 0 Å². The maximum Gasteiger partial charge on any atom is 0.320 e. The van der Waals surface area contributed by atoms with Crippen LogP contribution in [0, 0.1) is 0 Å². The fraction of sp³-hybridized carbons (Fsp3) is 0.800. The lowest BCUT2D eigenvalue weighted by Gasteiger charge is -2.09. The van der Waals surface area contributed by atoms with Crippen molar-refractivity contribution in [3.05, 3.63) is 0 Å². The summed E-state index contributed by atoms with van der Waals surface area (Å²) in [5, 5.41) is 0. The smallest absolute Gasteiger partial charge is 0.309 e. The SMILES string of the molecule is CN(C)CCSSNC(=O)C(=O)NSSCCN(C)C. The Bertz CT molecular complexity index is 264. The fourth-order valence-corrected chi connectivity index (χ4v) is 4.01. The molecule has 118 valence electrons. The second kappa shape index (κ2) is 13.0. The van der Waals surface area contributed by atoms with Gasteiger partial charge in [-0.15, -0.1) is 0 Å². The largest absolute Gasteiger partial charge is 0.320 e. The van der Waals surface area contributed by atoms with Crippen LogP contribution in [0.15, 0.2) is 0 Å². The van der Waals surface area contributed by atoms with Gasteiger partial charge in [0, 0.05) is 46.6 Å². The predicted octanol–water partition coefficient (Wildman–Crippen LogP) is 0.935. The average Bonchev–Trinajstić information content (AvgIpc) is 2.36. The Labute approximate surface area is 137 Å². The van der Waals surface area contributed by atoms with Gasteiger partial charge in [0.15, 0.2) is 0 Å². The topological polar surface area (TPSA) is 64.7 Å². The third-order valence-corrected chi connectivity index (χ3v) is 5.52. The molecule has 2 amide bonds. The Kier molecular flexibility index (Phi) is 13.1. The highest BCUT2D eigenvalue weighted by atomic mass is 33.1. The van der Waals surface area contributed by atoms with E-state index in [1.807, 2.05) is 28.2 Å². The van der Waals surface area contributed by atoms with Gasteiger partial charge >= 0.3 is 11.8 Å². The monoisotopic (exact) mass is 358 g/mol. The number of hydrogen-bond donors (Lipinski definition) is 2. The molecule has 0 aromatic rings. The normalized spacial score (nSPS) is 10.9. The number of hydrogen-bond acceptors (Lipinski definition) is 8. The first kappa shape index (κ1) is 20.3. The van der Waals surface area contributed by atoms with Crippen LogP contribution in [0.2, 0.25) is 0 Å². The van der Waals surface area contributed by atoms with Crippen LogP contribution >= 0.6 is 43.5 Å². The predicted molar refractivity (Wildman–Crippen MR) is 93.5 cm³/mol. The van der Waals surface area contributed by atoms with Crippen molar-refractivity contribution in [2.24, 2.45) is 0 Å². The Morgan fingerprint density at radius 2 is 1.15 bits per heavy atom. The molecule has 0 fully saturated rings. The second-order valence-electron chi connectivity index (χ2n) is 4.28. The molecule has 0 atom stereocenters. The maximum absolute atomic E-state index is 11.4. The molecule has 0 aromatic carbocycles. The molecule has 0 spiro atoms. The van der Waals surface area contributed by atoms with Crippen molar-refractivity contribution in [3.63, 3.8) is 0 Å². The van der Waals surface area contributed by atoms with Crippen LogP contribution in [-0.4, -0.2) is 74.4 Å². The zero-order valence-corrected chi connectivity index (χ0v) is 15.4. The van der Waals surface area contributed by atoms with Crippen molar-refractivity contribution in [1.82, 2.24) is 19.2 Å². The second-order valence-corrected chi connectivity index (χ2v) is 8.72. The van der Waals surface area contributed by atoms with E-state index < -0.39 is 11.8 Å². The van der Waals surface area contributed by atoms with Crippen molar-refractivity contribution in [2.75, 3.05) is 52.8 Å². The van der Waals surface area contributed by atoms with Gasteiger partial charge in [-0.2, -0.15) is 0 Å². The molecule has 0 bridgehead atoms. The van der Waals surface area contributed by atoms with E-state index in [9.17, 15) is 9.59 Å². The summed E-state index contributed by atoms with van der Waals surface area (Å²) in [6.45, 7) is 1.86. The van der Waals surface area contributed by atoms with Crippen LogP contribution in [0.4, 0.5) is 0 Å². The Morgan fingerprint density at radius 3 is 1.45 bits per heavy atom. The lowest BCUT2D eigenvalue weighted by atomic mass is 10.6. The van der Waals surface area contributed by atoms with Crippen LogP contribution < -0.4 is 9.44 Å². The molecular weight excluding hydrogens is 336 g/mol. The lowest BCUT2D eigenvalue weighted by molar-refractivity contribution is -0.136. The van der Waals surface area contributed by atoms with E-state index in [0.29, 0.717) is 0 Å². The number of nitrogens with zero attached hydrogens (tertiary/aromatic N) is 2. The standard InChI is InChI=1S/C10H22N4O2S4/c1-13(2)5-7-17-19-11-9(15)10(16)12-20-18-8-6-14(3)4/h5-8H2,1-4H3,(H,11,15)(H,12,16). The van der Waals surface area contributed by atoms with E-state index in [1.54, 1.807) is 0 Å². The third-order valence-electron chi connectivity index (χ3n) is 1.84. The number of amides is 2. The van der Waals surface area contributed by atoms with Crippen molar-refractivity contribution >= 4 is 55.4 Å². The van der Waals surface area contributed by atoms with Gasteiger partial charge in [0.05, 0.1) is 0 Å². The van der Waals surface area contributed by atoms with Crippen LogP contribution in [-0.2, 0) is 9.59 Å². The quantitative estimate of drug-likeness (QED) is 0.259. The molecule has 0 heterocycles. The van der Waals surface area contributed by atoms with Gasteiger partial charge in [0.25, 0.3) is 0 Å². The van der Waals surface area contributed by atoms with Gasteiger partial charge in [-0.25, -0.2) is 0 Å². The van der Waals surface area contributed by atoms with Gasteiger partial charge in [-0.3, -0.25) is 19.0 Å². The van der Waals surface area contributed by atoms with Crippen LogP contribution in [0.3, 0.4) is 0 Å². The summed E-state index contributed by atoms with van der Waals surface area (Å²) in [4.78, 5) is 26.9. The first-order valence-corrected chi connectivity index (χ1v) is 10.5. The summed E-state index contributed by atoms with van der Waals surface area (Å²) in [6, 6.07) is 0. The van der Waals surface area contributed by atoms with E-state index >= 15 is 0 Å². The molecule has 2 N–H and O–H groups in total. The van der Waals surface area contributed by atoms with Crippen molar-refractivity contribution < 1.29 is 9.59 Å². The van der Waals surface area contributed by atoms with Gasteiger partial charge in [-0.1, -0.05) is 21.6 Å². The van der Waals surface area contributed by atoms with Crippen molar-refractivity contribution in [1.29, 1.82) is 0 Å². The summed E-state index contributed by atoms with van der Waals surface area (Å²) in [7, 11) is 13.3.